The summed E-state index contributed by atoms with van der Waals surface area (Å²) < 4.78 is 6.17. The summed E-state index contributed by atoms with van der Waals surface area (Å²) in [4.78, 5) is 2.69. The average molecular weight is 301 g/mol. The molecule has 2 N–H and O–H groups in total. The zero-order chi connectivity index (χ0) is 14.6. The van der Waals surface area contributed by atoms with E-state index in [2.05, 4.69) is 37.4 Å². The minimum atomic E-state index is 0.187. The smallest absolute Gasteiger partial charge is 0.0795 e. The normalized spacial score (nSPS) is 31.4. The highest BCUT2D eigenvalue weighted by atomic mass is 32.2. The number of hydrogen-bond donors (Lipinski definition) is 1. The SMILES string of the molecule is CCCN(CC(C)(C)CN)C1CCOC2(CCSC2)C1. The van der Waals surface area contributed by atoms with Crippen LogP contribution in [-0.2, 0) is 4.74 Å². The Morgan fingerprint density at radius 2 is 2.25 bits per heavy atom. The number of ether oxygens (including phenoxy) is 1. The topological polar surface area (TPSA) is 38.5 Å². The van der Waals surface area contributed by atoms with Crippen LogP contribution in [0.2, 0.25) is 0 Å². The Bertz CT molecular complexity index is 303. The highest BCUT2D eigenvalue weighted by Crippen LogP contribution is 2.40. The lowest BCUT2D eigenvalue weighted by Crippen LogP contribution is -2.52. The van der Waals surface area contributed by atoms with Crippen molar-refractivity contribution in [3.63, 3.8) is 0 Å². The zero-order valence-corrected chi connectivity index (χ0v) is 14.3. The van der Waals surface area contributed by atoms with Crippen molar-refractivity contribution in [1.29, 1.82) is 0 Å². The van der Waals surface area contributed by atoms with Crippen LogP contribution in [0.1, 0.15) is 46.5 Å². The van der Waals surface area contributed by atoms with Gasteiger partial charge < -0.3 is 10.5 Å². The van der Waals surface area contributed by atoms with Crippen molar-refractivity contribution in [2.24, 2.45) is 11.1 Å². The van der Waals surface area contributed by atoms with E-state index in [9.17, 15) is 0 Å². The highest BCUT2D eigenvalue weighted by Gasteiger charge is 2.42. The van der Waals surface area contributed by atoms with Gasteiger partial charge in [0.1, 0.15) is 0 Å². The van der Waals surface area contributed by atoms with Crippen molar-refractivity contribution in [3.8, 4) is 0 Å². The van der Waals surface area contributed by atoms with E-state index in [1.54, 1.807) is 0 Å². The van der Waals surface area contributed by atoms with Gasteiger partial charge >= 0.3 is 0 Å². The molecule has 4 heteroatoms. The van der Waals surface area contributed by atoms with Crippen LogP contribution in [0, 0.1) is 5.41 Å². The van der Waals surface area contributed by atoms with E-state index in [1.807, 2.05) is 0 Å². The van der Waals surface area contributed by atoms with Gasteiger partial charge in [0, 0.05) is 24.9 Å². The van der Waals surface area contributed by atoms with Gasteiger partial charge in [-0.25, -0.2) is 0 Å². The van der Waals surface area contributed by atoms with Crippen LogP contribution in [0.15, 0.2) is 0 Å². The molecule has 0 aromatic heterocycles. The van der Waals surface area contributed by atoms with Gasteiger partial charge in [0.05, 0.1) is 5.60 Å². The molecule has 0 aromatic carbocycles. The fraction of sp³-hybridized carbons (Fsp3) is 1.00. The lowest BCUT2D eigenvalue weighted by Gasteiger charge is -2.44. The minimum Gasteiger partial charge on any atom is -0.374 e. The molecule has 118 valence electrons. The summed E-state index contributed by atoms with van der Waals surface area (Å²) in [5.41, 5.74) is 6.34. The number of nitrogens with zero attached hydrogens (tertiary/aromatic N) is 1. The van der Waals surface area contributed by atoms with E-state index in [0.717, 1.165) is 19.7 Å². The first-order valence-electron chi connectivity index (χ1n) is 8.16. The summed E-state index contributed by atoms with van der Waals surface area (Å²) in [5, 5.41) is 0. The Labute approximate surface area is 129 Å². The first kappa shape index (κ1) is 16.6. The molecule has 2 heterocycles. The standard InChI is InChI=1S/C16H32N2OS/c1-4-7-18(12-15(2,3)11-17)14-5-8-19-16(10-14)6-9-20-13-16/h14H,4-13,17H2,1-3H3. The summed E-state index contributed by atoms with van der Waals surface area (Å²) >= 11 is 2.06. The van der Waals surface area contributed by atoms with Gasteiger partial charge in [0.25, 0.3) is 0 Å². The molecule has 0 aromatic rings. The number of hydrogen-bond acceptors (Lipinski definition) is 4. The number of thioether (sulfide) groups is 1. The third kappa shape index (κ3) is 4.12. The summed E-state index contributed by atoms with van der Waals surface area (Å²) in [7, 11) is 0. The van der Waals surface area contributed by atoms with Crippen molar-refractivity contribution < 1.29 is 4.74 Å². The van der Waals surface area contributed by atoms with E-state index in [0.29, 0.717) is 6.04 Å². The van der Waals surface area contributed by atoms with Crippen LogP contribution >= 0.6 is 11.8 Å². The molecule has 2 rings (SSSR count). The molecule has 2 atom stereocenters. The van der Waals surface area contributed by atoms with Crippen molar-refractivity contribution in [3.05, 3.63) is 0 Å². The third-order valence-electron chi connectivity index (χ3n) is 4.75. The van der Waals surface area contributed by atoms with E-state index < -0.39 is 0 Å². The van der Waals surface area contributed by atoms with Crippen LogP contribution < -0.4 is 5.73 Å². The van der Waals surface area contributed by atoms with Crippen LogP contribution in [0.25, 0.3) is 0 Å². The maximum absolute atomic E-state index is 6.17. The van der Waals surface area contributed by atoms with Gasteiger partial charge in [0.15, 0.2) is 0 Å². The molecule has 2 unspecified atom stereocenters. The first-order valence-corrected chi connectivity index (χ1v) is 9.32. The second-order valence-corrected chi connectivity index (χ2v) is 8.42. The number of rotatable bonds is 6. The van der Waals surface area contributed by atoms with E-state index >= 15 is 0 Å². The van der Waals surface area contributed by atoms with Crippen LogP contribution in [0.3, 0.4) is 0 Å². The zero-order valence-electron chi connectivity index (χ0n) is 13.5. The van der Waals surface area contributed by atoms with Crippen molar-refractivity contribution in [2.45, 2.75) is 58.1 Å². The predicted molar refractivity (Wildman–Crippen MR) is 88.3 cm³/mol. The van der Waals surface area contributed by atoms with Gasteiger partial charge in [0.2, 0.25) is 0 Å². The van der Waals surface area contributed by atoms with E-state index in [1.165, 1.54) is 43.7 Å². The lowest BCUT2D eigenvalue weighted by molar-refractivity contribution is -0.0928. The molecule has 3 nitrogen and oxygen atoms in total. The predicted octanol–water partition coefficient (Wildman–Crippen LogP) is 2.74. The molecular formula is C16H32N2OS. The molecule has 0 bridgehead atoms. The second-order valence-electron chi connectivity index (χ2n) is 7.32. The monoisotopic (exact) mass is 300 g/mol. The molecule has 2 fully saturated rings. The van der Waals surface area contributed by atoms with Crippen LogP contribution in [0.4, 0.5) is 0 Å². The van der Waals surface area contributed by atoms with Gasteiger partial charge in [-0.3, -0.25) is 4.90 Å². The molecule has 2 aliphatic heterocycles. The van der Waals surface area contributed by atoms with Gasteiger partial charge in [-0.2, -0.15) is 11.8 Å². The molecule has 2 aliphatic rings. The molecule has 0 aliphatic carbocycles. The van der Waals surface area contributed by atoms with Gasteiger partial charge in [-0.15, -0.1) is 0 Å². The highest BCUT2D eigenvalue weighted by molar-refractivity contribution is 7.99. The maximum Gasteiger partial charge on any atom is 0.0795 e. The third-order valence-corrected chi connectivity index (χ3v) is 5.97. The molecule has 0 radical (unpaired) electrons. The van der Waals surface area contributed by atoms with Crippen LogP contribution in [-0.4, -0.2) is 54.3 Å². The second kappa shape index (κ2) is 6.99. The molecule has 0 saturated carbocycles. The molecular weight excluding hydrogens is 268 g/mol. The first-order chi connectivity index (χ1) is 9.50. The van der Waals surface area contributed by atoms with E-state index in [4.69, 9.17) is 10.5 Å². The fourth-order valence-corrected chi connectivity index (χ4v) is 4.85. The quantitative estimate of drug-likeness (QED) is 0.818. The van der Waals surface area contributed by atoms with Gasteiger partial charge in [-0.1, -0.05) is 20.8 Å². The van der Waals surface area contributed by atoms with Crippen molar-refractivity contribution >= 4 is 11.8 Å². The minimum absolute atomic E-state index is 0.187. The van der Waals surface area contributed by atoms with Crippen molar-refractivity contribution in [1.82, 2.24) is 4.90 Å². The Hall–Kier alpha value is 0.230. The summed E-state index contributed by atoms with van der Waals surface area (Å²) in [6.45, 7) is 10.9. The molecule has 0 amide bonds. The fourth-order valence-electron chi connectivity index (χ4n) is 3.47. The maximum atomic E-state index is 6.17. The van der Waals surface area contributed by atoms with E-state index in [-0.39, 0.29) is 11.0 Å². The summed E-state index contributed by atoms with van der Waals surface area (Å²) in [5.74, 6) is 2.47. The molecule has 2 saturated heterocycles. The number of nitrogens with two attached hydrogens (primary N) is 1. The summed E-state index contributed by atoms with van der Waals surface area (Å²) in [6.07, 6.45) is 4.88. The van der Waals surface area contributed by atoms with Crippen molar-refractivity contribution in [2.75, 3.05) is 37.7 Å². The Kier molecular flexibility index (Phi) is 5.80. The molecule has 1 spiro atoms. The van der Waals surface area contributed by atoms with Crippen LogP contribution in [0.5, 0.6) is 0 Å². The Morgan fingerprint density at radius 3 is 2.85 bits per heavy atom. The largest absolute Gasteiger partial charge is 0.374 e. The Morgan fingerprint density at radius 1 is 1.45 bits per heavy atom. The lowest BCUT2D eigenvalue weighted by atomic mass is 9.86. The Balaban J connectivity index is 2.00. The van der Waals surface area contributed by atoms with Gasteiger partial charge in [-0.05, 0) is 49.9 Å². The average Bonchev–Trinajstić information content (AvgIpc) is 2.86. The molecule has 20 heavy (non-hydrogen) atoms. The summed E-state index contributed by atoms with van der Waals surface area (Å²) in [6, 6.07) is 0.688.